The zero-order valence-electron chi connectivity index (χ0n) is 10.2. The highest BCUT2D eigenvalue weighted by molar-refractivity contribution is 7.15. The number of methoxy groups -OCH3 is 2. The van der Waals surface area contributed by atoms with Crippen molar-refractivity contribution < 1.29 is 9.47 Å². The number of hydrogen-bond donors (Lipinski definition) is 1. The van der Waals surface area contributed by atoms with E-state index >= 15 is 0 Å². The first-order chi connectivity index (χ1) is 8.78. The Morgan fingerprint density at radius 2 is 2.17 bits per heavy atom. The van der Waals surface area contributed by atoms with Gasteiger partial charge in [0.05, 0.1) is 19.4 Å². The number of ether oxygens (including phenoxy) is 2. The fourth-order valence-corrected chi connectivity index (χ4v) is 2.38. The SMILES string of the molecule is COCc1nc(-c2cc(OC)ncn2)sc1CN. The molecule has 2 aromatic heterocycles. The fraction of sp³-hybridized carbons (Fsp3) is 0.364. The molecule has 0 radical (unpaired) electrons. The highest BCUT2D eigenvalue weighted by Gasteiger charge is 2.13. The molecule has 0 bridgehead atoms. The van der Waals surface area contributed by atoms with Gasteiger partial charge in [-0.25, -0.2) is 15.0 Å². The van der Waals surface area contributed by atoms with Gasteiger partial charge in [-0.1, -0.05) is 0 Å². The second-order valence-electron chi connectivity index (χ2n) is 3.47. The van der Waals surface area contributed by atoms with Crippen LogP contribution >= 0.6 is 11.3 Å². The molecule has 0 saturated heterocycles. The van der Waals surface area contributed by atoms with Gasteiger partial charge in [-0.15, -0.1) is 11.3 Å². The maximum Gasteiger partial charge on any atom is 0.216 e. The van der Waals surface area contributed by atoms with Crippen LogP contribution in [0.1, 0.15) is 10.6 Å². The number of nitrogens with two attached hydrogens (primary N) is 1. The van der Waals surface area contributed by atoms with Gasteiger partial charge in [-0.05, 0) is 0 Å². The normalized spacial score (nSPS) is 10.6. The summed E-state index contributed by atoms with van der Waals surface area (Å²) < 4.78 is 10.2. The number of thiazole rings is 1. The molecule has 0 aliphatic heterocycles. The highest BCUT2D eigenvalue weighted by atomic mass is 32.1. The topological polar surface area (TPSA) is 83.2 Å². The van der Waals surface area contributed by atoms with E-state index in [2.05, 4.69) is 15.0 Å². The third kappa shape index (κ3) is 2.63. The van der Waals surface area contributed by atoms with E-state index in [1.807, 2.05) is 0 Å². The van der Waals surface area contributed by atoms with Crippen LogP contribution in [0.25, 0.3) is 10.7 Å². The summed E-state index contributed by atoms with van der Waals surface area (Å²) in [5, 5.41) is 0.795. The third-order valence-corrected chi connectivity index (χ3v) is 3.46. The molecule has 0 atom stereocenters. The lowest BCUT2D eigenvalue weighted by Crippen LogP contribution is -1.99. The molecule has 2 aromatic rings. The Hall–Kier alpha value is -1.57. The van der Waals surface area contributed by atoms with Crippen molar-refractivity contribution in [3.63, 3.8) is 0 Å². The van der Waals surface area contributed by atoms with Gasteiger partial charge in [-0.3, -0.25) is 0 Å². The van der Waals surface area contributed by atoms with Crippen molar-refractivity contribution in [3.8, 4) is 16.6 Å². The third-order valence-electron chi connectivity index (χ3n) is 2.31. The molecule has 0 aliphatic rings. The van der Waals surface area contributed by atoms with E-state index in [-0.39, 0.29) is 0 Å². The molecule has 0 saturated carbocycles. The maximum absolute atomic E-state index is 5.69. The Kier molecular flexibility index (Phi) is 4.19. The molecule has 2 N–H and O–H groups in total. The summed E-state index contributed by atoms with van der Waals surface area (Å²) in [7, 11) is 3.20. The van der Waals surface area contributed by atoms with Crippen molar-refractivity contribution in [1.82, 2.24) is 15.0 Å². The monoisotopic (exact) mass is 266 g/mol. The Bertz CT molecular complexity index is 530. The summed E-state index contributed by atoms with van der Waals surface area (Å²) in [5.74, 6) is 0.512. The molecule has 2 rings (SSSR count). The van der Waals surface area contributed by atoms with Crippen molar-refractivity contribution in [1.29, 1.82) is 0 Å². The summed E-state index contributed by atoms with van der Waals surface area (Å²) in [5.41, 5.74) is 7.27. The Balaban J connectivity index is 2.37. The fourth-order valence-electron chi connectivity index (χ4n) is 1.47. The molecule has 96 valence electrons. The summed E-state index contributed by atoms with van der Waals surface area (Å²) in [6.07, 6.45) is 1.45. The van der Waals surface area contributed by atoms with E-state index in [0.717, 1.165) is 21.3 Å². The zero-order valence-corrected chi connectivity index (χ0v) is 11.0. The number of nitrogens with zero attached hydrogens (tertiary/aromatic N) is 3. The van der Waals surface area contributed by atoms with E-state index in [4.69, 9.17) is 15.2 Å². The summed E-state index contributed by atoms with van der Waals surface area (Å²) >= 11 is 1.51. The standard InChI is InChI=1S/C11H14N4O2S/c1-16-5-8-9(4-12)18-11(15-8)7-3-10(17-2)14-6-13-7/h3,6H,4-5,12H2,1-2H3. The van der Waals surface area contributed by atoms with Crippen LogP contribution in [0.4, 0.5) is 0 Å². The van der Waals surface area contributed by atoms with Crippen LogP contribution in [0.3, 0.4) is 0 Å². The summed E-state index contributed by atoms with van der Waals surface area (Å²) in [6, 6.07) is 1.75. The van der Waals surface area contributed by atoms with E-state index in [0.29, 0.717) is 19.0 Å². The lowest BCUT2D eigenvalue weighted by Gasteiger charge is -1.99. The van der Waals surface area contributed by atoms with Gasteiger partial charge in [0.1, 0.15) is 17.0 Å². The van der Waals surface area contributed by atoms with Gasteiger partial charge in [0.2, 0.25) is 5.88 Å². The van der Waals surface area contributed by atoms with Gasteiger partial charge >= 0.3 is 0 Å². The number of hydrogen-bond acceptors (Lipinski definition) is 7. The van der Waals surface area contributed by atoms with Crippen molar-refractivity contribution >= 4 is 11.3 Å². The molecule has 0 fully saturated rings. The smallest absolute Gasteiger partial charge is 0.216 e. The van der Waals surface area contributed by atoms with E-state index in [1.54, 1.807) is 20.3 Å². The van der Waals surface area contributed by atoms with Crippen LogP contribution in [0.15, 0.2) is 12.4 Å². The molecule has 0 aliphatic carbocycles. The summed E-state index contributed by atoms with van der Waals surface area (Å²) in [6.45, 7) is 0.893. The highest BCUT2D eigenvalue weighted by Crippen LogP contribution is 2.28. The first-order valence-corrected chi connectivity index (χ1v) is 6.14. The van der Waals surface area contributed by atoms with Gasteiger partial charge in [-0.2, -0.15) is 0 Å². The van der Waals surface area contributed by atoms with Crippen LogP contribution < -0.4 is 10.5 Å². The van der Waals surface area contributed by atoms with Crippen LogP contribution in [-0.4, -0.2) is 29.2 Å². The van der Waals surface area contributed by atoms with Crippen LogP contribution in [0.5, 0.6) is 5.88 Å². The average Bonchev–Trinajstić information content (AvgIpc) is 2.82. The van der Waals surface area contributed by atoms with Gasteiger partial charge in [0, 0.05) is 24.6 Å². The molecule has 6 nitrogen and oxygen atoms in total. The largest absolute Gasteiger partial charge is 0.481 e. The van der Waals surface area contributed by atoms with Gasteiger partial charge < -0.3 is 15.2 Å². The first kappa shape index (κ1) is 12.9. The van der Waals surface area contributed by atoms with E-state index in [9.17, 15) is 0 Å². The van der Waals surface area contributed by atoms with Crippen molar-refractivity contribution in [2.45, 2.75) is 13.2 Å². The minimum atomic E-state index is 0.443. The molecule has 18 heavy (non-hydrogen) atoms. The molecular formula is C11H14N4O2S. The average molecular weight is 266 g/mol. The van der Waals surface area contributed by atoms with Crippen molar-refractivity contribution in [3.05, 3.63) is 23.0 Å². The van der Waals surface area contributed by atoms with Gasteiger partial charge in [0.25, 0.3) is 0 Å². The minimum Gasteiger partial charge on any atom is -0.481 e. The van der Waals surface area contributed by atoms with Crippen molar-refractivity contribution in [2.24, 2.45) is 5.73 Å². The number of aromatic nitrogens is 3. The van der Waals surface area contributed by atoms with E-state index in [1.165, 1.54) is 17.7 Å². The lowest BCUT2D eigenvalue weighted by atomic mass is 10.3. The molecule has 0 spiro atoms. The molecule has 0 aromatic carbocycles. The second kappa shape index (κ2) is 5.85. The Morgan fingerprint density at radius 1 is 1.33 bits per heavy atom. The van der Waals surface area contributed by atoms with Gasteiger partial charge in [0.15, 0.2) is 0 Å². The first-order valence-electron chi connectivity index (χ1n) is 5.32. The quantitative estimate of drug-likeness (QED) is 0.876. The molecule has 0 unspecified atom stereocenters. The Morgan fingerprint density at radius 3 is 2.83 bits per heavy atom. The van der Waals surface area contributed by atoms with E-state index < -0.39 is 0 Å². The lowest BCUT2D eigenvalue weighted by molar-refractivity contribution is 0.181. The minimum absolute atomic E-state index is 0.443. The van der Waals surface area contributed by atoms with Crippen molar-refractivity contribution in [2.75, 3.05) is 14.2 Å². The Labute approximate surface area is 109 Å². The molecule has 7 heteroatoms. The molecular weight excluding hydrogens is 252 g/mol. The maximum atomic E-state index is 5.69. The predicted molar refractivity (Wildman–Crippen MR) is 68.3 cm³/mol. The summed E-state index contributed by atoms with van der Waals surface area (Å²) in [4.78, 5) is 13.6. The second-order valence-corrected chi connectivity index (χ2v) is 4.56. The van der Waals surface area contributed by atoms with Crippen LogP contribution in [0, 0.1) is 0 Å². The molecule has 0 amide bonds. The van der Waals surface area contributed by atoms with Crippen LogP contribution in [-0.2, 0) is 17.9 Å². The zero-order chi connectivity index (χ0) is 13.0. The van der Waals surface area contributed by atoms with Crippen LogP contribution in [0.2, 0.25) is 0 Å². The predicted octanol–water partition coefficient (Wildman–Crippen LogP) is 1.21. The molecule has 2 heterocycles. The number of rotatable bonds is 5.